The van der Waals surface area contributed by atoms with Crippen LogP contribution in [0.3, 0.4) is 0 Å². The Labute approximate surface area is 89.9 Å². The van der Waals surface area contributed by atoms with Gasteiger partial charge in [0.25, 0.3) is 0 Å². The van der Waals surface area contributed by atoms with Crippen LogP contribution in [0, 0.1) is 0 Å². The summed E-state index contributed by atoms with van der Waals surface area (Å²) in [5, 5.41) is 0. The standard InChI is InChI=1S/C11H21S2/c1-10-8-12-6-4-5-7-13(3)9-11(10)2/h4-9H2,1-3H3/q+1/b11-10-. The van der Waals surface area contributed by atoms with Crippen LogP contribution in [-0.4, -0.2) is 29.3 Å². The van der Waals surface area contributed by atoms with Crippen LogP contribution in [-0.2, 0) is 10.9 Å². The van der Waals surface area contributed by atoms with Crippen molar-refractivity contribution in [2.24, 2.45) is 0 Å². The minimum atomic E-state index is 0.645. The minimum absolute atomic E-state index is 0.645. The molecule has 0 aliphatic carbocycles. The van der Waals surface area contributed by atoms with Crippen LogP contribution in [0.1, 0.15) is 26.7 Å². The van der Waals surface area contributed by atoms with E-state index in [1.54, 1.807) is 11.1 Å². The van der Waals surface area contributed by atoms with E-state index in [-0.39, 0.29) is 0 Å². The summed E-state index contributed by atoms with van der Waals surface area (Å²) in [7, 11) is 0.645. The summed E-state index contributed by atoms with van der Waals surface area (Å²) in [6.07, 6.45) is 5.29. The molecule has 0 aromatic rings. The van der Waals surface area contributed by atoms with Gasteiger partial charge in [0, 0.05) is 5.75 Å². The zero-order valence-corrected chi connectivity index (χ0v) is 10.7. The van der Waals surface area contributed by atoms with Crippen LogP contribution in [0.15, 0.2) is 11.1 Å². The number of hydrogen-bond donors (Lipinski definition) is 0. The number of rotatable bonds is 0. The van der Waals surface area contributed by atoms with E-state index in [0.717, 1.165) is 0 Å². The third-order valence-electron chi connectivity index (χ3n) is 2.54. The van der Waals surface area contributed by atoms with Crippen LogP contribution in [0.2, 0.25) is 0 Å². The highest BCUT2D eigenvalue weighted by Crippen LogP contribution is 2.17. The average Bonchev–Trinajstić information content (AvgIpc) is 2.09. The van der Waals surface area contributed by atoms with Crippen molar-refractivity contribution >= 4 is 22.7 Å². The van der Waals surface area contributed by atoms with Crippen LogP contribution in [0.5, 0.6) is 0 Å². The van der Waals surface area contributed by atoms with Crippen molar-refractivity contribution in [1.82, 2.24) is 0 Å². The lowest BCUT2D eigenvalue weighted by Crippen LogP contribution is -2.13. The molecule has 1 aliphatic rings. The van der Waals surface area contributed by atoms with E-state index in [1.165, 1.54) is 35.9 Å². The molecule has 0 nitrogen and oxygen atoms in total. The lowest BCUT2D eigenvalue weighted by Gasteiger charge is -2.11. The Morgan fingerprint density at radius 1 is 1.15 bits per heavy atom. The molecule has 0 aromatic carbocycles. The van der Waals surface area contributed by atoms with Crippen molar-refractivity contribution in [3.8, 4) is 0 Å². The zero-order valence-electron chi connectivity index (χ0n) is 9.06. The van der Waals surface area contributed by atoms with Gasteiger partial charge < -0.3 is 0 Å². The van der Waals surface area contributed by atoms with Gasteiger partial charge in [-0.05, 0) is 48.9 Å². The van der Waals surface area contributed by atoms with Crippen molar-refractivity contribution in [1.29, 1.82) is 0 Å². The van der Waals surface area contributed by atoms with Gasteiger partial charge in [0.05, 0.1) is 6.26 Å². The second kappa shape index (κ2) is 6.02. The highest BCUT2D eigenvalue weighted by Gasteiger charge is 2.14. The number of thioether (sulfide) groups is 1. The van der Waals surface area contributed by atoms with E-state index in [0.29, 0.717) is 10.9 Å². The molecule has 1 rings (SSSR count). The maximum absolute atomic E-state index is 2.42. The molecule has 1 atom stereocenters. The third kappa shape index (κ3) is 4.46. The summed E-state index contributed by atoms with van der Waals surface area (Å²) < 4.78 is 0. The van der Waals surface area contributed by atoms with Crippen molar-refractivity contribution < 1.29 is 0 Å². The second-order valence-electron chi connectivity index (χ2n) is 3.95. The Morgan fingerprint density at radius 3 is 2.69 bits per heavy atom. The molecule has 0 bridgehead atoms. The molecule has 0 amide bonds. The summed E-state index contributed by atoms with van der Waals surface area (Å²) >= 11 is 2.11. The van der Waals surface area contributed by atoms with E-state index < -0.39 is 0 Å². The molecule has 2 heteroatoms. The molecule has 1 aliphatic heterocycles. The largest absolute Gasteiger partial charge is 0.158 e. The van der Waals surface area contributed by atoms with E-state index >= 15 is 0 Å². The molecule has 0 aromatic heterocycles. The van der Waals surface area contributed by atoms with Gasteiger partial charge in [-0.3, -0.25) is 0 Å². The van der Waals surface area contributed by atoms with E-state index in [9.17, 15) is 0 Å². The van der Waals surface area contributed by atoms with Crippen molar-refractivity contribution in [3.63, 3.8) is 0 Å². The maximum atomic E-state index is 2.42. The normalized spacial score (nSPS) is 33.0. The fraction of sp³-hybridized carbons (Fsp3) is 0.818. The van der Waals surface area contributed by atoms with Gasteiger partial charge in [0.2, 0.25) is 0 Å². The first-order chi connectivity index (χ1) is 6.20. The Kier molecular flexibility index (Phi) is 5.34. The van der Waals surface area contributed by atoms with Gasteiger partial charge >= 0.3 is 0 Å². The summed E-state index contributed by atoms with van der Waals surface area (Å²) in [5.74, 6) is 5.43. The first-order valence-electron chi connectivity index (χ1n) is 5.02. The molecule has 0 fully saturated rings. The first kappa shape index (κ1) is 11.5. The smallest absolute Gasteiger partial charge is 0.129 e. The summed E-state index contributed by atoms with van der Waals surface area (Å²) in [6.45, 7) is 4.63. The van der Waals surface area contributed by atoms with E-state index in [2.05, 4.69) is 31.9 Å². The van der Waals surface area contributed by atoms with Gasteiger partial charge in [-0.25, -0.2) is 0 Å². The van der Waals surface area contributed by atoms with Crippen molar-refractivity contribution in [2.75, 3.05) is 29.3 Å². The Balaban J connectivity index is 2.55. The second-order valence-corrected chi connectivity index (χ2v) is 7.32. The minimum Gasteiger partial charge on any atom is -0.158 e. The molecule has 0 N–H and O–H groups in total. The fourth-order valence-electron chi connectivity index (χ4n) is 1.47. The summed E-state index contributed by atoms with van der Waals surface area (Å²) in [4.78, 5) is 0. The fourth-order valence-corrected chi connectivity index (χ4v) is 4.40. The third-order valence-corrected chi connectivity index (χ3v) is 5.67. The van der Waals surface area contributed by atoms with Gasteiger partial charge in [-0.1, -0.05) is 5.57 Å². The van der Waals surface area contributed by atoms with Crippen LogP contribution in [0.25, 0.3) is 0 Å². The van der Waals surface area contributed by atoms with Gasteiger partial charge in [-0.2, -0.15) is 11.8 Å². The van der Waals surface area contributed by atoms with Crippen molar-refractivity contribution in [2.45, 2.75) is 26.7 Å². The summed E-state index contributed by atoms with van der Waals surface area (Å²) in [5.41, 5.74) is 3.28. The van der Waals surface area contributed by atoms with Gasteiger partial charge in [0.15, 0.2) is 0 Å². The molecular formula is C11H21S2+. The molecule has 0 saturated carbocycles. The van der Waals surface area contributed by atoms with Crippen molar-refractivity contribution in [3.05, 3.63) is 11.1 Å². The molecular weight excluding hydrogens is 196 g/mol. The predicted octanol–water partition coefficient (Wildman–Crippen LogP) is 3.10. The predicted molar refractivity (Wildman–Crippen MR) is 68.0 cm³/mol. The Morgan fingerprint density at radius 2 is 1.92 bits per heavy atom. The Hall–Kier alpha value is 0.440. The van der Waals surface area contributed by atoms with E-state index in [1.807, 2.05) is 0 Å². The molecule has 13 heavy (non-hydrogen) atoms. The van der Waals surface area contributed by atoms with Crippen LogP contribution < -0.4 is 0 Å². The van der Waals surface area contributed by atoms with Gasteiger partial charge in [-0.15, -0.1) is 0 Å². The zero-order chi connectivity index (χ0) is 9.68. The highest BCUT2D eigenvalue weighted by molar-refractivity contribution is 7.99. The maximum Gasteiger partial charge on any atom is 0.129 e. The lowest BCUT2D eigenvalue weighted by atomic mass is 10.2. The highest BCUT2D eigenvalue weighted by atomic mass is 32.2. The van der Waals surface area contributed by atoms with Crippen LogP contribution >= 0.6 is 11.8 Å². The molecule has 0 spiro atoms. The average molecular weight is 217 g/mol. The lowest BCUT2D eigenvalue weighted by molar-refractivity contribution is 0.903. The molecule has 1 unspecified atom stereocenters. The SMILES string of the molecule is C/C1=C(\C)C[S+](C)CCCCSC1. The molecule has 76 valence electrons. The first-order valence-corrected chi connectivity index (χ1v) is 8.15. The topological polar surface area (TPSA) is 0 Å². The quantitative estimate of drug-likeness (QED) is 0.444. The molecule has 0 saturated heterocycles. The molecule has 0 radical (unpaired) electrons. The molecule has 1 heterocycles. The monoisotopic (exact) mass is 217 g/mol. The summed E-state index contributed by atoms with van der Waals surface area (Å²) in [6, 6.07) is 0. The Bertz CT molecular complexity index is 185. The van der Waals surface area contributed by atoms with Gasteiger partial charge in [0.1, 0.15) is 11.5 Å². The van der Waals surface area contributed by atoms with E-state index in [4.69, 9.17) is 0 Å². The van der Waals surface area contributed by atoms with Crippen LogP contribution in [0.4, 0.5) is 0 Å². The number of hydrogen-bond acceptors (Lipinski definition) is 1.